The molecule has 0 radical (unpaired) electrons. The number of hydrogen-bond acceptors (Lipinski definition) is 2. The van der Waals surface area contributed by atoms with Crippen molar-refractivity contribution in [1.29, 1.82) is 0 Å². The lowest BCUT2D eigenvalue weighted by Gasteiger charge is -2.44. The fourth-order valence-electron chi connectivity index (χ4n) is 2.19. The number of nitrogens with zero attached hydrogens (tertiary/aromatic N) is 1. The maximum Gasteiger partial charge on any atom is 0.225 e. The Hall–Kier alpha value is -1.13. The van der Waals surface area contributed by atoms with E-state index in [4.69, 9.17) is 4.43 Å². The maximum atomic E-state index is 11.8. The molecule has 4 heteroatoms. The van der Waals surface area contributed by atoms with Crippen LogP contribution >= 0.6 is 0 Å². The zero-order chi connectivity index (χ0) is 15.7. The van der Waals surface area contributed by atoms with E-state index in [0.717, 1.165) is 0 Å². The molecule has 2 rings (SSSR count). The number of likely N-dealkylation sites (tertiary alicyclic amines) is 1. The molecular formula is C17H27NO2Si. The van der Waals surface area contributed by atoms with E-state index in [1.807, 2.05) is 23.1 Å². The van der Waals surface area contributed by atoms with Gasteiger partial charge in [0.2, 0.25) is 5.91 Å². The molecule has 1 amide bonds. The molecule has 1 aliphatic rings. The summed E-state index contributed by atoms with van der Waals surface area (Å²) in [5.74, 6) is 0.239. The number of carbonyl (C=O) groups excluding carboxylic acids is 1. The Morgan fingerprint density at radius 3 is 2.38 bits per heavy atom. The maximum absolute atomic E-state index is 11.8. The van der Waals surface area contributed by atoms with Gasteiger partial charge in [0.25, 0.3) is 0 Å². The van der Waals surface area contributed by atoms with Crippen LogP contribution in [0.2, 0.25) is 18.1 Å². The first-order valence-electron chi connectivity index (χ1n) is 7.68. The van der Waals surface area contributed by atoms with Crippen LogP contribution in [0.3, 0.4) is 0 Å². The summed E-state index contributed by atoms with van der Waals surface area (Å²) in [6.45, 7) is 12.6. The monoisotopic (exact) mass is 305 g/mol. The van der Waals surface area contributed by atoms with Crippen molar-refractivity contribution >= 4 is 14.2 Å². The Morgan fingerprint density at radius 1 is 1.24 bits per heavy atom. The normalized spacial score (nSPS) is 19.6. The van der Waals surface area contributed by atoms with Gasteiger partial charge in [0.15, 0.2) is 8.32 Å². The molecule has 0 bridgehead atoms. The van der Waals surface area contributed by atoms with Gasteiger partial charge in [0.1, 0.15) is 0 Å². The molecule has 0 aliphatic carbocycles. The molecule has 0 unspecified atom stereocenters. The van der Waals surface area contributed by atoms with E-state index in [1.165, 1.54) is 5.56 Å². The number of amides is 1. The first-order valence-corrected chi connectivity index (χ1v) is 10.6. The summed E-state index contributed by atoms with van der Waals surface area (Å²) in [4.78, 5) is 13.8. The molecule has 1 aromatic carbocycles. The van der Waals surface area contributed by atoms with Crippen LogP contribution in [0.4, 0.5) is 0 Å². The number of benzene rings is 1. The van der Waals surface area contributed by atoms with Gasteiger partial charge in [-0.15, -0.1) is 0 Å². The lowest BCUT2D eigenvalue weighted by Crippen LogP contribution is -2.56. The van der Waals surface area contributed by atoms with E-state index in [2.05, 4.69) is 46.0 Å². The minimum Gasteiger partial charge on any atom is -0.415 e. The highest BCUT2D eigenvalue weighted by Crippen LogP contribution is 2.37. The van der Waals surface area contributed by atoms with E-state index < -0.39 is 8.32 Å². The van der Waals surface area contributed by atoms with Crippen molar-refractivity contribution in [1.82, 2.24) is 4.90 Å². The molecule has 21 heavy (non-hydrogen) atoms. The SMILES string of the molecule is CC(C)(C)[Si](C)(C)OC[C@@H]1CC(=O)N1Cc1ccccc1. The van der Waals surface area contributed by atoms with E-state index in [0.29, 0.717) is 19.6 Å². The van der Waals surface area contributed by atoms with E-state index in [9.17, 15) is 4.79 Å². The van der Waals surface area contributed by atoms with E-state index in [1.54, 1.807) is 0 Å². The van der Waals surface area contributed by atoms with Crippen molar-refractivity contribution in [2.45, 2.75) is 57.9 Å². The smallest absolute Gasteiger partial charge is 0.225 e. The zero-order valence-corrected chi connectivity index (χ0v) is 14.8. The molecule has 116 valence electrons. The third-order valence-electron chi connectivity index (χ3n) is 4.81. The highest BCUT2D eigenvalue weighted by molar-refractivity contribution is 6.74. The van der Waals surface area contributed by atoms with E-state index >= 15 is 0 Å². The van der Waals surface area contributed by atoms with Crippen molar-refractivity contribution in [3.8, 4) is 0 Å². The predicted molar refractivity (Wildman–Crippen MR) is 88.5 cm³/mol. The Bertz CT molecular complexity index is 493. The minimum atomic E-state index is -1.73. The van der Waals surface area contributed by atoms with Crippen LogP contribution in [0.15, 0.2) is 30.3 Å². The molecular weight excluding hydrogens is 278 g/mol. The molecule has 1 aliphatic heterocycles. The van der Waals surface area contributed by atoms with Gasteiger partial charge < -0.3 is 9.33 Å². The number of rotatable bonds is 5. The molecule has 0 N–H and O–H groups in total. The molecule has 1 saturated heterocycles. The highest BCUT2D eigenvalue weighted by atomic mass is 28.4. The van der Waals surface area contributed by atoms with Gasteiger partial charge in [-0.3, -0.25) is 4.79 Å². The zero-order valence-electron chi connectivity index (χ0n) is 13.8. The van der Waals surface area contributed by atoms with Crippen molar-refractivity contribution in [2.24, 2.45) is 0 Å². The Balaban J connectivity index is 1.91. The Labute approximate surface area is 129 Å². The van der Waals surface area contributed by atoms with Crippen molar-refractivity contribution in [2.75, 3.05) is 6.61 Å². The van der Waals surface area contributed by atoms with Gasteiger partial charge in [0, 0.05) is 13.0 Å². The summed E-state index contributed by atoms with van der Waals surface area (Å²) in [6, 6.07) is 10.4. The summed E-state index contributed by atoms with van der Waals surface area (Å²) in [7, 11) is -1.73. The first kappa shape index (κ1) is 16.2. The lowest BCUT2D eigenvalue weighted by atomic mass is 10.0. The van der Waals surface area contributed by atoms with E-state index in [-0.39, 0.29) is 17.0 Å². The molecule has 1 heterocycles. The molecule has 0 spiro atoms. The average Bonchev–Trinajstić information content (AvgIpc) is 2.40. The van der Waals surface area contributed by atoms with Crippen LogP contribution < -0.4 is 0 Å². The van der Waals surface area contributed by atoms with Gasteiger partial charge in [-0.2, -0.15) is 0 Å². The standard InChI is InChI=1S/C17H27NO2Si/c1-17(2,3)21(4,5)20-13-15-11-16(19)18(15)12-14-9-7-6-8-10-14/h6-10,15H,11-13H2,1-5H3/t15-/m0/s1. The third-order valence-corrected chi connectivity index (χ3v) is 9.31. The molecule has 1 fully saturated rings. The molecule has 3 nitrogen and oxygen atoms in total. The largest absolute Gasteiger partial charge is 0.415 e. The van der Waals surface area contributed by atoms with Gasteiger partial charge >= 0.3 is 0 Å². The number of carbonyl (C=O) groups is 1. The van der Waals surface area contributed by atoms with Crippen LogP contribution in [0.25, 0.3) is 0 Å². The number of β-lactam (4-membered cyclic amide) rings is 1. The predicted octanol–water partition coefficient (Wildman–Crippen LogP) is 3.81. The second-order valence-corrected chi connectivity index (χ2v) is 12.2. The van der Waals surface area contributed by atoms with Crippen LogP contribution in [-0.4, -0.2) is 31.8 Å². The van der Waals surface area contributed by atoms with Crippen LogP contribution in [0.1, 0.15) is 32.8 Å². The highest BCUT2D eigenvalue weighted by Gasteiger charge is 2.41. The van der Waals surface area contributed by atoms with Crippen LogP contribution in [0, 0.1) is 0 Å². The van der Waals surface area contributed by atoms with Crippen molar-refractivity contribution in [3.05, 3.63) is 35.9 Å². The fraction of sp³-hybridized carbons (Fsp3) is 0.588. The molecule has 0 saturated carbocycles. The van der Waals surface area contributed by atoms with Gasteiger partial charge in [-0.25, -0.2) is 0 Å². The average molecular weight is 305 g/mol. The second kappa shape index (κ2) is 5.93. The van der Waals surface area contributed by atoms with Crippen LogP contribution in [-0.2, 0) is 15.8 Å². The van der Waals surface area contributed by atoms with Crippen LogP contribution in [0.5, 0.6) is 0 Å². The summed E-state index contributed by atoms with van der Waals surface area (Å²) >= 11 is 0. The van der Waals surface area contributed by atoms with Gasteiger partial charge in [-0.05, 0) is 23.7 Å². The molecule has 1 aromatic rings. The fourth-order valence-corrected chi connectivity index (χ4v) is 3.23. The number of hydrogen-bond donors (Lipinski definition) is 0. The summed E-state index contributed by atoms with van der Waals surface area (Å²) < 4.78 is 6.26. The summed E-state index contributed by atoms with van der Waals surface area (Å²) in [5.41, 5.74) is 1.18. The Morgan fingerprint density at radius 2 is 1.86 bits per heavy atom. The van der Waals surface area contributed by atoms with Gasteiger partial charge in [0.05, 0.1) is 12.6 Å². The molecule has 0 aromatic heterocycles. The third kappa shape index (κ3) is 3.74. The minimum absolute atomic E-state index is 0.213. The van der Waals surface area contributed by atoms with Crippen molar-refractivity contribution < 1.29 is 9.22 Å². The second-order valence-electron chi connectivity index (χ2n) is 7.44. The Kier molecular flexibility index (Phi) is 4.59. The van der Waals surface area contributed by atoms with Gasteiger partial charge in [-0.1, -0.05) is 51.1 Å². The van der Waals surface area contributed by atoms with Crippen molar-refractivity contribution in [3.63, 3.8) is 0 Å². The first-order chi connectivity index (χ1) is 9.71. The summed E-state index contributed by atoms with van der Waals surface area (Å²) in [6.07, 6.45) is 0.626. The topological polar surface area (TPSA) is 29.5 Å². The molecule has 1 atom stereocenters. The quantitative estimate of drug-likeness (QED) is 0.611. The summed E-state index contributed by atoms with van der Waals surface area (Å²) in [5, 5.41) is 0.213. The lowest BCUT2D eigenvalue weighted by molar-refractivity contribution is -0.148.